The first-order valence-corrected chi connectivity index (χ1v) is 6.34. The molecular weight excluding hydrogens is 212 g/mol. The van der Waals surface area contributed by atoms with Crippen LogP contribution in [-0.4, -0.2) is 37.7 Å². The summed E-state index contributed by atoms with van der Waals surface area (Å²) >= 11 is 0. The molecule has 3 heteroatoms. The summed E-state index contributed by atoms with van der Waals surface area (Å²) in [4.78, 5) is 2.34. The fourth-order valence-electron chi connectivity index (χ4n) is 2.31. The second-order valence-corrected chi connectivity index (χ2v) is 4.90. The van der Waals surface area contributed by atoms with Crippen LogP contribution in [0, 0.1) is 0 Å². The Kier molecular flexibility index (Phi) is 4.02. The fourth-order valence-corrected chi connectivity index (χ4v) is 2.31. The minimum absolute atomic E-state index is 0.435. The molecule has 94 valence electrons. The number of likely N-dealkylation sites (N-methyl/N-ethyl adjacent to an activating group) is 1. The van der Waals surface area contributed by atoms with Gasteiger partial charge in [0.1, 0.15) is 5.75 Å². The van der Waals surface area contributed by atoms with Gasteiger partial charge in [0.25, 0.3) is 0 Å². The Labute approximate surface area is 104 Å². The second kappa shape index (κ2) is 5.52. The van der Waals surface area contributed by atoms with Crippen molar-refractivity contribution >= 4 is 0 Å². The number of nitrogens with zero attached hydrogens (tertiary/aromatic N) is 1. The maximum Gasteiger partial charge on any atom is 0.122 e. The lowest BCUT2D eigenvalue weighted by molar-refractivity contribution is 0.206. The molecule has 1 aliphatic heterocycles. The molecule has 0 saturated carbocycles. The number of fused-ring (bicyclic) bond motifs is 1. The monoisotopic (exact) mass is 234 g/mol. The maximum absolute atomic E-state index is 5.71. The lowest BCUT2D eigenvalue weighted by Crippen LogP contribution is -2.38. The maximum atomic E-state index is 5.71. The third kappa shape index (κ3) is 2.79. The largest absolute Gasteiger partial charge is 0.493 e. The molecule has 1 aliphatic rings. The van der Waals surface area contributed by atoms with Crippen LogP contribution in [0.15, 0.2) is 24.3 Å². The first-order chi connectivity index (χ1) is 8.22. The van der Waals surface area contributed by atoms with Crippen LogP contribution in [0.1, 0.15) is 24.8 Å². The number of benzene rings is 1. The van der Waals surface area contributed by atoms with Gasteiger partial charge in [0.2, 0.25) is 0 Å². The van der Waals surface area contributed by atoms with E-state index in [0.717, 1.165) is 25.3 Å². The first-order valence-electron chi connectivity index (χ1n) is 6.34. The van der Waals surface area contributed by atoms with Gasteiger partial charge in [0.15, 0.2) is 0 Å². The highest BCUT2D eigenvalue weighted by Crippen LogP contribution is 2.33. The molecule has 1 heterocycles. The molecule has 17 heavy (non-hydrogen) atoms. The lowest BCUT2D eigenvalue weighted by atomic mass is 9.92. The Bertz CT molecular complexity index is 367. The molecule has 0 aliphatic carbocycles. The Morgan fingerprint density at radius 3 is 3.00 bits per heavy atom. The van der Waals surface area contributed by atoms with Crippen molar-refractivity contribution in [3.63, 3.8) is 0 Å². The molecular formula is C14H22N2O. The Hall–Kier alpha value is -1.06. The van der Waals surface area contributed by atoms with Crippen LogP contribution in [0.2, 0.25) is 0 Å². The van der Waals surface area contributed by atoms with E-state index in [9.17, 15) is 0 Å². The van der Waals surface area contributed by atoms with Crippen LogP contribution < -0.4 is 10.5 Å². The third-order valence-electron chi connectivity index (χ3n) is 3.68. The van der Waals surface area contributed by atoms with Gasteiger partial charge >= 0.3 is 0 Å². The van der Waals surface area contributed by atoms with Crippen molar-refractivity contribution in [3.05, 3.63) is 29.8 Å². The van der Waals surface area contributed by atoms with Crippen LogP contribution in [0.25, 0.3) is 0 Å². The highest BCUT2D eigenvalue weighted by Gasteiger charge is 2.23. The molecule has 0 spiro atoms. The van der Waals surface area contributed by atoms with E-state index in [0.29, 0.717) is 18.5 Å². The zero-order valence-electron chi connectivity index (χ0n) is 10.7. The van der Waals surface area contributed by atoms with E-state index in [1.807, 2.05) is 6.07 Å². The highest BCUT2D eigenvalue weighted by molar-refractivity contribution is 5.37. The van der Waals surface area contributed by atoms with E-state index in [2.05, 4.69) is 37.1 Å². The van der Waals surface area contributed by atoms with Crippen molar-refractivity contribution in [1.82, 2.24) is 4.90 Å². The quantitative estimate of drug-likeness (QED) is 0.864. The first kappa shape index (κ1) is 12.4. The number of ether oxygens (including phenoxy) is 1. The van der Waals surface area contributed by atoms with E-state index in [1.54, 1.807) is 0 Å². The van der Waals surface area contributed by atoms with E-state index >= 15 is 0 Å². The van der Waals surface area contributed by atoms with Gasteiger partial charge in [-0.3, -0.25) is 0 Å². The standard InChI is InChI=1S/C14H22N2O/c1-11(9-15)16(2)10-12-7-8-17-14-6-4-3-5-13(12)14/h3-6,11-12H,7-10,15H2,1-2H3. The molecule has 0 aromatic heterocycles. The van der Waals surface area contributed by atoms with Gasteiger partial charge in [-0.25, -0.2) is 0 Å². The van der Waals surface area contributed by atoms with E-state index in [-0.39, 0.29) is 0 Å². The van der Waals surface area contributed by atoms with Crippen LogP contribution in [-0.2, 0) is 0 Å². The predicted molar refractivity (Wildman–Crippen MR) is 70.4 cm³/mol. The van der Waals surface area contributed by atoms with Gasteiger partial charge < -0.3 is 15.4 Å². The summed E-state index contributed by atoms with van der Waals surface area (Å²) in [5.74, 6) is 1.62. The molecule has 2 rings (SSSR count). The predicted octanol–water partition coefficient (Wildman–Crippen LogP) is 1.83. The van der Waals surface area contributed by atoms with Gasteiger partial charge in [0.05, 0.1) is 6.61 Å². The number of hydrogen-bond donors (Lipinski definition) is 1. The smallest absolute Gasteiger partial charge is 0.122 e. The van der Waals surface area contributed by atoms with Crippen molar-refractivity contribution in [1.29, 1.82) is 0 Å². The number of hydrogen-bond acceptors (Lipinski definition) is 3. The molecule has 0 amide bonds. The Morgan fingerprint density at radius 2 is 2.24 bits per heavy atom. The van der Waals surface area contributed by atoms with Crippen LogP contribution in [0.3, 0.4) is 0 Å². The van der Waals surface area contributed by atoms with E-state index in [1.165, 1.54) is 5.56 Å². The Balaban J connectivity index is 2.08. The number of para-hydroxylation sites is 1. The summed E-state index contributed by atoms with van der Waals surface area (Å²) in [7, 11) is 2.15. The summed E-state index contributed by atoms with van der Waals surface area (Å²) in [5.41, 5.74) is 7.05. The van der Waals surface area contributed by atoms with Gasteiger partial charge in [-0.15, -0.1) is 0 Å². The molecule has 0 saturated heterocycles. The summed E-state index contributed by atoms with van der Waals surface area (Å²) in [6, 6.07) is 8.80. The molecule has 2 N–H and O–H groups in total. The molecule has 2 atom stereocenters. The average molecular weight is 234 g/mol. The number of rotatable bonds is 4. The summed E-state index contributed by atoms with van der Waals surface area (Å²) in [6.07, 6.45) is 1.10. The van der Waals surface area contributed by atoms with Crippen LogP contribution in [0.4, 0.5) is 0 Å². The topological polar surface area (TPSA) is 38.5 Å². The SMILES string of the molecule is CC(CN)N(C)CC1CCOc2ccccc21. The third-order valence-corrected chi connectivity index (χ3v) is 3.68. The van der Waals surface area contributed by atoms with Gasteiger partial charge in [-0.2, -0.15) is 0 Å². The van der Waals surface area contributed by atoms with Crippen LogP contribution in [0.5, 0.6) is 5.75 Å². The molecule has 0 radical (unpaired) electrons. The molecule has 2 unspecified atom stereocenters. The van der Waals surface area contributed by atoms with Crippen LogP contribution >= 0.6 is 0 Å². The average Bonchev–Trinajstić information content (AvgIpc) is 2.38. The summed E-state index contributed by atoms with van der Waals surface area (Å²) in [6.45, 7) is 4.76. The Morgan fingerprint density at radius 1 is 1.47 bits per heavy atom. The van der Waals surface area contributed by atoms with Crippen molar-refractivity contribution in [2.75, 3.05) is 26.7 Å². The molecule has 3 nitrogen and oxygen atoms in total. The van der Waals surface area contributed by atoms with Crippen molar-refractivity contribution in [2.24, 2.45) is 5.73 Å². The second-order valence-electron chi connectivity index (χ2n) is 4.90. The van der Waals surface area contributed by atoms with Crippen molar-refractivity contribution in [3.8, 4) is 5.75 Å². The zero-order valence-corrected chi connectivity index (χ0v) is 10.7. The van der Waals surface area contributed by atoms with E-state index in [4.69, 9.17) is 10.5 Å². The minimum atomic E-state index is 0.435. The zero-order chi connectivity index (χ0) is 12.3. The van der Waals surface area contributed by atoms with Crippen molar-refractivity contribution in [2.45, 2.75) is 25.3 Å². The van der Waals surface area contributed by atoms with Gasteiger partial charge in [0, 0.05) is 25.0 Å². The highest BCUT2D eigenvalue weighted by atomic mass is 16.5. The normalized spacial score (nSPS) is 20.8. The summed E-state index contributed by atoms with van der Waals surface area (Å²) in [5, 5.41) is 0. The fraction of sp³-hybridized carbons (Fsp3) is 0.571. The van der Waals surface area contributed by atoms with Gasteiger partial charge in [-0.1, -0.05) is 18.2 Å². The van der Waals surface area contributed by atoms with E-state index < -0.39 is 0 Å². The van der Waals surface area contributed by atoms with Gasteiger partial charge in [-0.05, 0) is 32.0 Å². The molecule has 1 aromatic rings. The molecule has 0 fully saturated rings. The van der Waals surface area contributed by atoms with Crippen molar-refractivity contribution < 1.29 is 4.74 Å². The minimum Gasteiger partial charge on any atom is -0.493 e. The lowest BCUT2D eigenvalue weighted by Gasteiger charge is -2.32. The molecule has 1 aromatic carbocycles. The summed E-state index contributed by atoms with van der Waals surface area (Å²) < 4.78 is 5.68. The number of nitrogens with two attached hydrogens (primary N) is 1. The molecule has 0 bridgehead atoms.